The second-order valence-electron chi connectivity index (χ2n) is 7.26. The molecule has 1 aromatic rings. The molecule has 1 heterocycles. The predicted molar refractivity (Wildman–Crippen MR) is 100.0 cm³/mol. The Kier molecular flexibility index (Phi) is 6.70. The highest BCUT2D eigenvalue weighted by atomic mass is 16.5. The van der Waals surface area contributed by atoms with Crippen molar-refractivity contribution in [2.24, 2.45) is 5.73 Å². The quantitative estimate of drug-likeness (QED) is 0.772. The van der Waals surface area contributed by atoms with Crippen molar-refractivity contribution >= 4 is 5.91 Å². The van der Waals surface area contributed by atoms with Crippen molar-refractivity contribution in [3.8, 4) is 5.75 Å². The van der Waals surface area contributed by atoms with Crippen LogP contribution in [-0.4, -0.2) is 61.1 Å². The molecular formula is C20H31N3O2. The molecule has 5 heteroatoms. The molecule has 0 radical (unpaired) electrons. The summed E-state index contributed by atoms with van der Waals surface area (Å²) < 4.78 is 5.78. The molecule has 0 bridgehead atoms. The Bertz CT molecular complexity index is 540. The lowest BCUT2D eigenvalue weighted by atomic mass is 10.2. The predicted octanol–water partition coefficient (Wildman–Crippen LogP) is 2.50. The van der Waals surface area contributed by atoms with Crippen molar-refractivity contribution in [1.82, 2.24) is 9.80 Å². The Morgan fingerprint density at radius 3 is 2.52 bits per heavy atom. The van der Waals surface area contributed by atoms with Gasteiger partial charge >= 0.3 is 0 Å². The van der Waals surface area contributed by atoms with Crippen LogP contribution in [0.4, 0.5) is 0 Å². The second-order valence-corrected chi connectivity index (χ2v) is 7.26. The normalized spacial score (nSPS) is 20.5. The van der Waals surface area contributed by atoms with Crippen LogP contribution in [0.3, 0.4) is 0 Å². The molecule has 2 N–H and O–H groups in total. The highest BCUT2D eigenvalue weighted by molar-refractivity contribution is 5.92. The van der Waals surface area contributed by atoms with E-state index in [0.717, 1.165) is 24.8 Å². The highest BCUT2D eigenvalue weighted by Crippen LogP contribution is 2.24. The number of nitrogens with two attached hydrogens (primary N) is 1. The molecule has 1 aliphatic heterocycles. The third-order valence-electron chi connectivity index (χ3n) is 5.49. The smallest absolute Gasteiger partial charge is 0.248 e. The van der Waals surface area contributed by atoms with Gasteiger partial charge in [0.25, 0.3) is 0 Å². The minimum atomic E-state index is -0.403. The molecule has 1 saturated carbocycles. The minimum Gasteiger partial charge on any atom is -0.494 e. The van der Waals surface area contributed by atoms with Gasteiger partial charge < -0.3 is 15.4 Å². The molecule has 2 fully saturated rings. The number of amides is 1. The number of carbonyl (C=O) groups excluding carboxylic acids is 1. The van der Waals surface area contributed by atoms with Gasteiger partial charge in [-0.15, -0.1) is 0 Å². The standard InChI is InChI=1S/C20H31N3O2/c21-20(24)17-7-9-19(10-8-17)25-16-4-12-22-11-3-13-23(15-14-22)18-5-1-2-6-18/h7-10,18H,1-6,11-16H2,(H2,21,24). The Morgan fingerprint density at radius 2 is 1.80 bits per heavy atom. The first kappa shape index (κ1) is 18.2. The van der Waals surface area contributed by atoms with Gasteiger partial charge in [-0.05, 0) is 63.0 Å². The summed E-state index contributed by atoms with van der Waals surface area (Å²) in [5, 5.41) is 0. The fourth-order valence-electron chi connectivity index (χ4n) is 4.04. The fourth-order valence-corrected chi connectivity index (χ4v) is 4.04. The molecular weight excluding hydrogens is 314 g/mol. The van der Waals surface area contributed by atoms with Gasteiger partial charge in [-0.1, -0.05) is 12.8 Å². The van der Waals surface area contributed by atoms with Crippen molar-refractivity contribution in [2.45, 2.75) is 44.6 Å². The van der Waals surface area contributed by atoms with Gasteiger partial charge in [0.1, 0.15) is 5.75 Å². The number of nitrogens with zero attached hydrogens (tertiary/aromatic N) is 2. The Balaban J connectivity index is 1.34. The summed E-state index contributed by atoms with van der Waals surface area (Å²) >= 11 is 0. The van der Waals surface area contributed by atoms with Crippen molar-refractivity contribution in [3.63, 3.8) is 0 Å². The van der Waals surface area contributed by atoms with E-state index < -0.39 is 5.91 Å². The molecule has 1 aromatic carbocycles. The molecule has 2 aliphatic rings. The molecule has 0 atom stereocenters. The molecule has 0 unspecified atom stereocenters. The number of primary amides is 1. The van der Waals surface area contributed by atoms with Crippen molar-refractivity contribution in [2.75, 3.05) is 39.3 Å². The molecule has 3 rings (SSSR count). The number of ether oxygens (including phenoxy) is 1. The van der Waals surface area contributed by atoms with E-state index in [-0.39, 0.29) is 0 Å². The van der Waals surface area contributed by atoms with Gasteiger partial charge in [0.15, 0.2) is 0 Å². The molecule has 1 amide bonds. The van der Waals surface area contributed by atoms with Crippen LogP contribution < -0.4 is 10.5 Å². The monoisotopic (exact) mass is 345 g/mol. The van der Waals surface area contributed by atoms with Crippen LogP contribution >= 0.6 is 0 Å². The van der Waals surface area contributed by atoms with E-state index in [1.807, 2.05) is 12.1 Å². The minimum absolute atomic E-state index is 0.403. The third kappa shape index (κ3) is 5.44. The summed E-state index contributed by atoms with van der Waals surface area (Å²) in [5.41, 5.74) is 5.76. The number of carbonyl (C=O) groups is 1. The number of benzene rings is 1. The van der Waals surface area contributed by atoms with E-state index >= 15 is 0 Å². The number of rotatable bonds is 7. The van der Waals surface area contributed by atoms with Gasteiger partial charge in [-0.2, -0.15) is 0 Å². The zero-order valence-corrected chi connectivity index (χ0v) is 15.2. The Labute approximate surface area is 151 Å². The first-order chi connectivity index (χ1) is 12.2. The molecule has 0 spiro atoms. The summed E-state index contributed by atoms with van der Waals surface area (Å²) in [5.74, 6) is 0.396. The maximum absolute atomic E-state index is 11.1. The van der Waals surface area contributed by atoms with Crippen LogP contribution in [0.1, 0.15) is 48.9 Å². The lowest BCUT2D eigenvalue weighted by molar-refractivity contribution is 0.100. The number of hydrogen-bond donors (Lipinski definition) is 1. The zero-order chi connectivity index (χ0) is 17.5. The van der Waals surface area contributed by atoms with Crippen molar-refractivity contribution in [1.29, 1.82) is 0 Å². The van der Waals surface area contributed by atoms with Crippen LogP contribution in [0, 0.1) is 0 Å². The van der Waals surface area contributed by atoms with E-state index in [0.29, 0.717) is 12.2 Å². The van der Waals surface area contributed by atoms with E-state index in [1.165, 1.54) is 58.3 Å². The average Bonchev–Trinajstić information content (AvgIpc) is 3.05. The lowest BCUT2D eigenvalue weighted by Gasteiger charge is -2.27. The Morgan fingerprint density at radius 1 is 1.04 bits per heavy atom. The van der Waals surface area contributed by atoms with Gasteiger partial charge in [-0.3, -0.25) is 9.69 Å². The topological polar surface area (TPSA) is 58.8 Å². The van der Waals surface area contributed by atoms with Gasteiger partial charge in [0.05, 0.1) is 6.61 Å². The van der Waals surface area contributed by atoms with Crippen LogP contribution in [0.25, 0.3) is 0 Å². The molecule has 25 heavy (non-hydrogen) atoms. The van der Waals surface area contributed by atoms with E-state index in [9.17, 15) is 4.79 Å². The second kappa shape index (κ2) is 9.20. The molecule has 0 aromatic heterocycles. The van der Waals surface area contributed by atoms with Crippen LogP contribution in [0.15, 0.2) is 24.3 Å². The van der Waals surface area contributed by atoms with Crippen molar-refractivity contribution < 1.29 is 9.53 Å². The van der Waals surface area contributed by atoms with Gasteiger partial charge in [0.2, 0.25) is 5.91 Å². The summed E-state index contributed by atoms with van der Waals surface area (Å²) in [7, 11) is 0. The van der Waals surface area contributed by atoms with Crippen LogP contribution in [0.2, 0.25) is 0 Å². The van der Waals surface area contributed by atoms with E-state index in [4.69, 9.17) is 10.5 Å². The van der Waals surface area contributed by atoms with Crippen LogP contribution in [0.5, 0.6) is 5.75 Å². The van der Waals surface area contributed by atoms with Crippen molar-refractivity contribution in [3.05, 3.63) is 29.8 Å². The maximum atomic E-state index is 11.1. The van der Waals surface area contributed by atoms with Gasteiger partial charge in [0, 0.05) is 31.2 Å². The molecule has 1 saturated heterocycles. The van der Waals surface area contributed by atoms with Gasteiger partial charge in [-0.25, -0.2) is 0 Å². The average molecular weight is 345 g/mol. The largest absolute Gasteiger partial charge is 0.494 e. The Hall–Kier alpha value is -1.59. The molecule has 5 nitrogen and oxygen atoms in total. The van der Waals surface area contributed by atoms with E-state index in [1.54, 1.807) is 12.1 Å². The summed E-state index contributed by atoms with van der Waals surface area (Å²) in [4.78, 5) is 16.4. The summed E-state index contributed by atoms with van der Waals surface area (Å²) in [6, 6.07) is 7.90. The SMILES string of the molecule is NC(=O)c1ccc(OCCCN2CCCN(C3CCCC3)CC2)cc1. The lowest BCUT2D eigenvalue weighted by Crippen LogP contribution is -2.37. The first-order valence-electron chi connectivity index (χ1n) is 9.71. The number of hydrogen-bond acceptors (Lipinski definition) is 4. The zero-order valence-electron chi connectivity index (χ0n) is 15.2. The molecule has 1 aliphatic carbocycles. The fraction of sp³-hybridized carbons (Fsp3) is 0.650. The maximum Gasteiger partial charge on any atom is 0.248 e. The highest BCUT2D eigenvalue weighted by Gasteiger charge is 2.24. The van der Waals surface area contributed by atoms with E-state index in [2.05, 4.69) is 9.80 Å². The third-order valence-corrected chi connectivity index (χ3v) is 5.49. The first-order valence-corrected chi connectivity index (χ1v) is 9.71. The van der Waals surface area contributed by atoms with Crippen LogP contribution in [-0.2, 0) is 0 Å². The summed E-state index contributed by atoms with van der Waals surface area (Å²) in [6.07, 6.45) is 7.96. The summed E-state index contributed by atoms with van der Waals surface area (Å²) in [6.45, 7) is 6.68. The molecule has 138 valence electrons.